The van der Waals surface area contributed by atoms with Crippen molar-refractivity contribution in [2.45, 2.75) is 12.9 Å². The molecule has 1 aromatic heterocycles. The Morgan fingerprint density at radius 2 is 1.82 bits per heavy atom. The van der Waals surface area contributed by atoms with E-state index in [0.717, 1.165) is 0 Å². The number of aromatic nitrogens is 1. The van der Waals surface area contributed by atoms with Gasteiger partial charge in [-0.3, -0.25) is 4.79 Å². The zero-order chi connectivity index (χ0) is 20.3. The Kier molecular flexibility index (Phi) is 5.34. The number of aromatic amines is 1. The van der Waals surface area contributed by atoms with Crippen LogP contribution in [0, 0.1) is 0 Å². The second-order valence-corrected chi connectivity index (χ2v) is 5.82. The normalized spacial score (nSPS) is 11.3. The van der Waals surface area contributed by atoms with Gasteiger partial charge in [-0.2, -0.15) is 0 Å². The highest BCUT2D eigenvalue weighted by Gasteiger charge is 2.32. The number of hydrogen-bond acceptors (Lipinski definition) is 4. The largest absolute Gasteiger partial charge is 0.573 e. The van der Waals surface area contributed by atoms with Crippen LogP contribution in [0.25, 0.3) is 10.9 Å². The van der Waals surface area contributed by atoms with Crippen molar-refractivity contribution < 1.29 is 32.2 Å². The van der Waals surface area contributed by atoms with Crippen molar-refractivity contribution in [2.24, 2.45) is 0 Å². The monoisotopic (exact) mass is 394 g/mol. The molecule has 0 radical (unpaired) electrons. The first kappa shape index (κ1) is 19.4. The van der Waals surface area contributed by atoms with E-state index in [4.69, 9.17) is 9.47 Å². The van der Waals surface area contributed by atoms with Gasteiger partial charge >= 0.3 is 6.36 Å². The number of para-hydroxylation sites is 1. The highest BCUT2D eigenvalue weighted by molar-refractivity contribution is 5.99. The molecule has 0 aliphatic heterocycles. The third kappa shape index (κ3) is 4.30. The van der Waals surface area contributed by atoms with Crippen molar-refractivity contribution in [3.8, 4) is 17.2 Å². The van der Waals surface area contributed by atoms with Crippen LogP contribution in [0.4, 0.5) is 13.2 Å². The van der Waals surface area contributed by atoms with Gasteiger partial charge in [-0.15, -0.1) is 13.2 Å². The van der Waals surface area contributed by atoms with E-state index in [-0.39, 0.29) is 23.6 Å². The lowest BCUT2D eigenvalue weighted by Gasteiger charge is -2.13. The first-order valence-electron chi connectivity index (χ1n) is 8.17. The maximum absolute atomic E-state index is 12.5. The summed E-state index contributed by atoms with van der Waals surface area (Å²) < 4.78 is 52.0. The minimum atomic E-state index is -4.81. The van der Waals surface area contributed by atoms with Crippen LogP contribution in [-0.4, -0.2) is 31.5 Å². The average Bonchev–Trinajstić information content (AvgIpc) is 3.09. The Morgan fingerprint density at radius 3 is 2.50 bits per heavy atom. The number of halogens is 3. The third-order valence-electron chi connectivity index (χ3n) is 4.00. The lowest BCUT2D eigenvalue weighted by Crippen LogP contribution is -2.24. The van der Waals surface area contributed by atoms with E-state index in [9.17, 15) is 18.0 Å². The average molecular weight is 394 g/mol. The molecule has 3 rings (SSSR count). The summed E-state index contributed by atoms with van der Waals surface area (Å²) in [6.07, 6.45) is -4.81. The molecule has 1 amide bonds. The van der Waals surface area contributed by atoms with Crippen molar-refractivity contribution >= 4 is 16.8 Å². The predicted molar refractivity (Wildman–Crippen MR) is 95.7 cm³/mol. The van der Waals surface area contributed by atoms with Crippen molar-refractivity contribution in [1.29, 1.82) is 0 Å². The van der Waals surface area contributed by atoms with Crippen LogP contribution >= 0.6 is 0 Å². The Bertz CT molecular complexity index is 998. The number of H-pyrrole nitrogens is 1. The van der Waals surface area contributed by atoms with Gasteiger partial charge in [-0.1, -0.05) is 18.2 Å². The van der Waals surface area contributed by atoms with Gasteiger partial charge < -0.3 is 24.5 Å². The third-order valence-corrected chi connectivity index (χ3v) is 4.00. The van der Waals surface area contributed by atoms with Gasteiger partial charge in [0.2, 0.25) is 0 Å². The second-order valence-electron chi connectivity index (χ2n) is 5.82. The number of nitrogens with one attached hydrogen (secondary N) is 2. The van der Waals surface area contributed by atoms with E-state index in [1.807, 2.05) is 0 Å². The first-order chi connectivity index (χ1) is 13.3. The first-order valence-corrected chi connectivity index (χ1v) is 8.17. The molecular weight excluding hydrogens is 377 g/mol. The molecule has 0 fully saturated rings. The number of alkyl halides is 3. The fourth-order valence-electron chi connectivity index (χ4n) is 2.73. The maximum atomic E-state index is 12.5. The Balaban J connectivity index is 1.79. The number of fused-ring (bicyclic) bond motifs is 1. The molecule has 1 heterocycles. The summed E-state index contributed by atoms with van der Waals surface area (Å²) in [5.41, 5.74) is 1.04. The fraction of sp³-hybridized carbons (Fsp3) is 0.211. The number of benzene rings is 2. The standard InChI is InChI=1S/C19H17F3N2O4/c1-26-13-7-12-8-14(24-17(12)16(9-13)27-2)18(25)23-10-11-5-3-4-6-15(11)28-19(20,21)22/h3-9,24H,10H2,1-2H3,(H,23,25). The predicted octanol–water partition coefficient (Wildman–Crippen LogP) is 4.01. The Morgan fingerprint density at radius 1 is 1.07 bits per heavy atom. The highest BCUT2D eigenvalue weighted by Crippen LogP contribution is 2.31. The Labute approximate surface area is 158 Å². The lowest BCUT2D eigenvalue weighted by atomic mass is 10.2. The van der Waals surface area contributed by atoms with E-state index < -0.39 is 12.3 Å². The van der Waals surface area contributed by atoms with Crippen LogP contribution in [-0.2, 0) is 6.54 Å². The van der Waals surface area contributed by atoms with Crippen LogP contribution in [0.15, 0.2) is 42.5 Å². The smallest absolute Gasteiger partial charge is 0.497 e. The van der Waals surface area contributed by atoms with Crippen molar-refractivity contribution in [3.63, 3.8) is 0 Å². The number of rotatable bonds is 6. The molecule has 0 bridgehead atoms. The van der Waals surface area contributed by atoms with Crippen LogP contribution in [0.5, 0.6) is 17.2 Å². The van der Waals surface area contributed by atoms with Crippen molar-refractivity contribution in [3.05, 3.63) is 53.7 Å². The van der Waals surface area contributed by atoms with E-state index in [0.29, 0.717) is 22.4 Å². The molecule has 3 aromatic rings. The summed E-state index contributed by atoms with van der Waals surface area (Å²) in [6.45, 7) is -0.138. The molecule has 0 unspecified atom stereocenters. The highest BCUT2D eigenvalue weighted by atomic mass is 19.4. The summed E-state index contributed by atoms with van der Waals surface area (Å²) in [5.74, 6) is 0.211. The molecule has 0 saturated carbocycles. The molecule has 0 spiro atoms. The Hall–Kier alpha value is -3.36. The number of amides is 1. The van der Waals surface area contributed by atoms with Crippen LogP contribution < -0.4 is 19.5 Å². The molecule has 0 aliphatic carbocycles. The van der Waals surface area contributed by atoms with Crippen LogP contribution in [0.1, 0.15) is 16.1 Å². The van der Waals surface area contributed by atoms with Gasteiger partial charge in [0, 0.05) is 23.6 Å². The molecule has 2 N–H and O–H groups in total. The summed E-state index contributed by atoms with van der Waals surface area (Å²) in [5, 5.41) is 3.28. The van der Waals surface area contributed by atoms with Gasteiger partial charge in [0.25, 0.3) is 5.91 Å². The maximum Gasteiger partial charge on any atom is 0.573 e. The van der Waals surface area contributed by atoms with Gasteiger partial charge in [0.15, 0.2) is 0 Å². The van der Waals surface area contributed by atoms with Gasteiger partial charge in [0.05, 0.1) is 19.7 Å². The van der Waals surface area contributed by atoms with E-state index in [1.165, 1.54) is 32.4 Å². The van der Waals surface area contributed by atoms with E-state index in [2.05, 4.69) is 15.0 Å². The van der Waals surface area contributed by atoms with Gasteiger partial charge in [-0.05, 0) is 18.2 Å². The zero-order valence-corrected chi connectivity index (χ0v) is 15.0. The fourth-order valence-corrected chi connectivity index (χ4v) is 2.73. The van der Waals surface area contributed by atoms with Crippen LogP contribution in [0.2, 0.25) is 0 Å². The molecular formula is C19H17F3N2O4. The molecule has 148 valence electrons. The van der Waals surface area contributed by atoms with Crippen LogP contribution in [0.3, 0.4) is 0 Å². The molecule has 6 nitrogen and oxygen atoms in total. The quantitative estimate of drug-likeness (QED) is 0.663. The number of hydrogen-bond donors (Lipinski definition) is 2. The summed E-state index contributed by atoms with van der Waals surface area (Å²) in [7, 11) is 3.01. The number of ether oxygens (including phenoxy) is 3. The minimum Gasteiger partial charge on any atom is -0.497 e. The summed E-state index contributed by atoms with van der Waals surface area (Å²) >= 11 is 0. The molecule has 28 heavy (non-hydrogen) atoms. The summed E-state index contributed by atoms with van der Waals surface area (Å²) in [4.78, 5) is 15.4. The van der Waals surface area contributed by atoms with Gasteiger partial charge in [0.1, 0.15) is 22.9 Å². The topological polar surface area (TPSA) is 72.6 Å². The number of methoxy groups -OCH3 is 2. The van der Waals surface area contributed by atoms with Crippen molar-refractivity contribution in [2.75, 3.05) is 14.2 Å². The zero-order valence-electron chi connectivity index (χ0n) is 15.0. The molecule has 0 saturated heterocycles. The SMILES string of the molecule is COc1cc(OC)c2[nH]c(C(=O)NCc3ccccc3OC(F)(F)F)cc2c1. The van der Waals surface area contributed by atoms with Gasteiger partial charge in [-0.25, -0.2) is 0 Å². The summed E-state index contributed by atoms with van der Waals surface area (Å²) in [6, 6.07) is 10.6. The molecule has 9 heteroatoms. The molecule has 0 aliphatic rings. The molecule has 0 atom stereocenters. The van der Waals surface area contributed by atoms with E-state index >= 15 is 0 Å². The number of carbonyl (C=O) groups is 1. The lowest BCUT2D eigenvalue weighted by molar-refractivity contribution is -0.274. The number of carbonyl (C=O) groups excluding carboxylic acids is 1. The van der Waals surface area contributed by atoms with Crippen molar-refractivity contribution in [1.82, 2.24) is 10.3 Å². The second kappa shape index (κ2) is 7.71. The molecule has 2 aromatic carbocycles. The minimum absolute atomic E-state index is 0.138. The van der Waals surface area contributed by atoms with E-state index in [1.54, 1.807) is 24.3 Å².